The van der Waals surface area contributed by atoms with E-state index in [1.54, 1.807) is 0 Å². The summed E-state index contributed by atoms with van der Waals surface area (Å²) in [5, 5.41) is 0. The van der Waals surface area contributed by atoms with Gasteiger partial charge in [-0.15, -0.1) is 59.4 Å². The largest absolute Gasteiger partial charge is 0.358 e. The van der Waals surface area contributed by atoms with Gasteiger partial charge in [0.25, 0.3) is 0 Å². The summed E-state index contributed by atoms with van der Waals surface area (Å²) in [6.45, 7) is 4.26. The van der Waals surface area contributed by atoms with Gasteiger partial charge < -0.3 is 14.9 Å². The van der Waals surface area contributed by atoms with Gasteiger partial charge in [0.05, 0.1) is 0 Å². The van der Waals surface area contributed by atoms with Crippen molar-refractivity contribution >= 4 is 0 Å². The van der Waals surface area contributed by atoms with Crippen molar-refractivity contribution < 1.29 is 25.8 Å². The molecule has 36 heavy (non-hydrogen) atoms. The second-order valence-electron chi connectivity index (χ2n) is 8.34. The van der Waals surface area contributed by atoms with Crippen LogP contribution in [-0.4, -0.2) is 0 Å². The van der Waals surface area contributed by atoms with Crippen LogP contribution in [0.3, 0.4) is 0 Å². The quantitative estimate of drug-likeness (QED) is 0.134. The molecule has 0 nitrogen and oxygen atoms in total. The second kappa shape index (κ2) is 16.0. The van der Waals surface area contributed by atoms with E-state index in [9.17, 15) is 0 Å². The van der Waals surface area contributed by atoms with Crippen LogP contribution in [0, 0.1) is 47.3 Å². The Balaban J connectivity index is 0.000000284. The van der Waals surface area contributed by atoms with E-state index in [1.807, 2.05) is 24.3 Å². The molecule has 4 aromatic rings. The predicted molar refractivity (Wildman–Crippen MR) is 153 cm³/mol. The van der Waals surface area contributed by atoms with Gasteiger partial charge in [-0.1, -0.05) is 72.6 Å². The molecule has 184 valence electrons. The van der Waals surface area contributed by atoms with E-state index < -0.39 is 0 Å². The predicted octanol–water partition coefficient (Wildman–Crippen LogP) is 9.17. The third kappa shape index (κ3) is 8.95. The van der Waals surface area contributed by atoms with Gasteiger partial charge in [-0.2, -0.15) is 29.8 Å². The van der Waals surface area contributed by atoms with Gasteiger partial charge in [0.2, 0.25) is 0 Å². The summed E-state index contributed by atoms with van der Waals surface area (Å²) in [4.78, 5) is 0. The number of hydrogen-bond donors (Lipinski definition) is 0. The van der Waals surface area contributed by atoms with Crippen LogP contribution in [0.4, 0.5) is 0 Å². The Bertz CT molecular complexity index is 1140. The number of hydrogen-bond acceptors (Lipinski definition) is 0. The Morgan fingerprint density at radius 2 is 1.33 bits per heavy atom. The number of rotatable bonds is 2. The van der Waals surface area contributed by atoms with Gasteiger partial charge in [-0.25, -0.2) is 12.2 Å². The summed E-state index contributed by atoms with van der Waals surface area (Å²) in [6.07, 6.45) is 13.2. The molecule has 2 aliphatic carbocycles. The van der Waals surface area contributed by atoms with Crippen molar-refractivity contribution in [2.75, 3.05) is 0 Å². The first-order valence-corrected chi connectivity index (χ1v) is 11.5. The number of benzene rings is 4. The first kappa shape index (κ1) is 31.1. The Hall–Kier alpha value is -2.90. The van der Waals surface area contributed by atoms with Crippen molar-refractivity contribution in [3.05, 3.63) is 176 Å². The Morgan fingerprint density at radius 1 is 0.722 bits per heavy atom. The van der Waals surface area contributed by atoms with E-state index in [2.05, 4.69) is 117 Å². The van der Waals surface area contributed by atoms with Crippen LogP contribution in [0.2, 0.25) is 0 Å². The second-order valence-corrected chi connectivity index (χ2v) is 8.34. The molecule has 0 bridgehead atoms. The van der Waals surface area contributed by atoms with E-state index in [4.69, 9.17) is 0 Å². The van der Waals surface area contributed by atoms with E-state index in [-0.39, 0.29) is 40.7 Å². The Kier molecular flexibility index (Phi) is 13.8. The van der Waals surface area contributed by atoms with Crippen LogP contribution < -0.4 is 0 Å². The maximum Gasteiger partial charge on any atom is 0 e. The summed E-state index contributed by atoms with van der Waals surface area (Å²) in [5.41, 5.74) is 10.6. The normalized spacial score (nSPS) is 11.1. The fourth-order valence-electron chi connectivity index (χ4n) is 4.00. The number of aryl methyl sites for hydroxylation is 2. The first-order chi connectivity index (χ1) is 16.2. The molecule has 0 radical (unpaired) electrons. The van der Waals surface area contributed by atoms with Gasteiger partial charge in [0.1, 0.15) is 0 Å². The summed E-state index contributed by atoms with van der Waals surface area (Å²) >= 11 is 0. The molecule has 0 saturated carbocycles. The molecular formula is C35H35Hf-5. The first-order valence-electron chi connectivity index (χ1n) is 11.5. The molecule has 0 atom stereocenters. The molecule has 0 saturated heterocycles. The van der Waals surface area contributed by atoms with E-state index in [1.165, 1.54) is 44.5 Å². The van der Waals surface area contributed by atoms with Crippen molar-refractivity contribution in [2.24, 2.45) is 0 Å². The zero-order valence-corrected chi connectivity index (χ0v) is 25.5. The standard InChI is InChI=1S/C15H13.C13H11.C5H5.2CH3.Hf/c1-10-3-5-14-12(7-10)9-13-8-11(2)4-6-15(13)14;1-3-7-12(8-4-1)11-13-9-5-2-6-10-13;1-2-4-5-3-1;;;/h3-7H,9H2,1-2H3;1-11H;1-3H,4H2;2*1H3;/q5*-1;. The minimum Gasteiger partial charge on any atom is -0.358 e. The van der Waals surface area contributed by atoms with Gasteiger partial charge in [-0.05, 0) is 18.9 Å². The summed E-state index contributed by atoms with van der Waals surface area (Å²) in [6, 6.07) is 35.2. The van der Waals surface area contributed by atoms with Gasteiger partial charge >= 0.3 is 0 Å². The van der Waals surface area contributed by atoms with Gasteiger partial charge in [0, 0.05) is 25.8 Å². The molecule has 0 N–H and O–H groups in total. The molecule has 2 aliphatic rings. The number of fused-ring (bicyclic) bond motifs is 3. The van der Waals surface area contributed by atoms with Crippen LogP contribution in [0.25, 0.3) is 11.1 Å². The van der Waals surface area contributed by atoms with Crippen LogP contribution in [0.15, 0.2) is 109 Å². The monoisotopic (exact) mass is 635 g/mol. The molecule has 0 fully saturated rings. The smallest absolute Gasteiger partial charge is 0 e. The topological polar surface area (TPSA) is 0 Å². The minimum atomic E-state index is 0. The van der Waals surface area contributed by atoms with Crippen molar-refractivity contribution in [1.29, 1.82) is 0 Å². The van der Waals surface area contributed by atoms with Gasteiger partial charge in [0.15, 0.2) is 0 Å². The SMILES string of the molecule is Cc1[c-]c2c(cc1)-c1ccc(C)cc1C2.[C-]1=CC=CC1.[CH3-].[CH3-].[Hf].c1ccc([CH-]c2ccccc2)cc1. The van der Waals surface area contributed by atoms with Crippen molar-refractivity contribution in [3.8, 4) is 11.1 Å². The third-order valence-electron chi connectivity index (χ3n) is 5.61. The fraction of sp³-hybridized carbons (Fsp3) is 0.114. The zero-order chi connectivity index (χ0) is 22.9. The molecule has 0 aromatic heterocycles. The average molecular weight is 634 g/mol. The maximum atomic E-state index is 3.45. The summed E-state index contributed by atoms with van der Waals surface area (Å²) in [7, 11) is 0. The fourth-order valence-corrected chi connectivity index (χ4v) is 4.00. The van der Waals surface area contributed by atoms with Crippen molar-refractivity contribution in [2.45, 2.75) is 26.7 Å². The molecule has 1 heteroatoms. The zero-order valence-electron chi connectivity index (χ0n) is 21.9. The van der Waals surface area contributed by atoms with E-state index in [0.717, 1.165) is 12.8 Å². The molecule has 0 spiro atoms. The van der Waals surface area contributed by atoms with Crippen molar-refractivity contribution in [3.63, 3.8) is 0 Å². The molecule has 0 aliphatic heterocycles. The molecule has 6 rings (SSSR count). The minimum absolute atomic E-state index is 0. The van der Waals surface area contributed by atoms with Crippen LogP contribution in [-0.2, 0) is 32.3 Å². The van der Waals surface area contributed by atoms with Crippen LogP contribution in [0.1, 0.15) is 39.8 Å². The summed E-state index contributed by atoms with van der Waals surface area (Å²) in [5.74, 6) is 0. The van der Waals surface area contributed by atoms with Gasteiger partial charge in [-0.3, -0.25) is 6.08 Å². The average Bonchev–Trinajstić information content (AvgIpc) is 3.52. The van der Waals surface area contributed by atoms with Crippen LogP contribution in [0.5, 0.6) is 0 Å². The summed E-state index contributed by atoms with van der Waals surface area (Å²) < 4.78 is 0. The maximum absolute atomic E-state index is 3.45. The Labute approximate surface area is 238 Å². The van der Waals surface area contributed by atoms with Crippen LogP contribution >= 0.6 is 0 Å². The number of allylic oxidation sites excluding steroid dienone is 4. The molecule has 0 amide bonds. The molecule has 0 unspecified atom stereocenters. The van der Waals surface area contributed by atoms with Crippen molar-refractivity contribution in [1.82, 2.24) is 0 Å². The molecule has 4 aromatic carbocycles. The van der Waals surface area contributed by atoms with E-state index in [0.29, 0.717) is 0 Å². The Morgan fingerprint density at radius 3 is 1.86 bits per heavy atom. The third-order valence-corrected chi connectivity index (χ3v) is 5.61. The van der Waals surface area contributed by atoms with E-state index >= 15 is 0 Å². The molecular weight excluding hydrogens is 599 g/mol. The molecule has 0 heterocycles.